The van der Waals surface area contributed by atoms with E-state index in [4.69, 9.17) is 10.0 Å². The summed E-state index contributed by atoms with van der Waals surface area (Å²) in [6.07, 6.45) is 6.60. The van der Waals surface area contributed by atoms with Crippen molar-refractivity contribution in [2.75, 3.05) is 5.32 Å². The number of carbonyl (C=O) groups is 1. The van der Waals surface area contributed by atoms with Gasteiger partial charge in [-0.1, -0.05) is 26.0 Å². The van der Waals surface area contributed by atoms with Crippen molar-refractivity contribution in [3.05, 3.63) is 53.1 Å². The van der Waals surface area contributed by atoms with Crippen molar-refractivity contribution < 1.29 is 9.18 Å². The normalized spacial score (nSPS) is 18.4. The fourth-order valence-corrected chi connectivity index (χ4v) is 4.46. The SMILES string of the molecule is CC(C)CC1C=Cc2c(cn(C)c2C(=O)Nc2ccc(F)c(C#N)c2)S(=N)N1. The second kappa shape index (κ2) is 8.09. The minimum Gasteiger partial charge on any atom is -0.345 e. The van der Waals surface area contributed by atoms with Gasteiger partial charge in [-0.15, -0.1) is 0 Å². The van der Waals surface area contributed by atoms with E-state index >= 15 is 0 Å². The number of nitrogens with zero attached hydrogens (tertiary/aromatic N) is 2. The molecule has 2 atom stereocenters. The molecule has 3 N–H and O–H groups in total. The van der Waals surface area contributed by atoms with E-state index < -0.39 is 16.7 Å². The lowest BCUT2D eigenvalue weighted by molar-refractivity contribution is 0.101. The number of aromatic nitrogens is 1. The number of anilines is 1. The van der Waals surface area contributed by atoms with Crippen molar-refractivity contribution >= 4 is 28.5 Å². The average molecular weight is 399 g/mol. The molecule has 2 unspecified atom stereocenters. The maximum atomic E-state index is 13.5. The van der Waals surface area contributed by atoms with Crippen molar-refractivity contribution in [3.63, 3.8) is 0 Å². The van der Waals surface area contributed by atoms with E-state index in [0.29, 0.717) is 22.9 Å². The zero-order valence-corrected chi connectivity index (χ0v) is 16.7. The van der Waals surface area contributed by atoms with Gasteiger partial charge in [0.05, 0.1) is 10.5 Å². The first-order valence-corrected chi connectivity index (χ1v) is 10.1. The van der Waals surface area contributed by atoms with Gasteiger partial charge < -0.3 is 9.88 Å². The Bertz CT molecular complexity index is 1020. The number of rotatable bonds is 4. The van der Waals surface area contributed by atoms with Crippen LogP contribution in [0.15, 0.2) is 35.4 Å². The standard InChI is InChI=1S/C20H22FN5OS/c1-12(2)8-15-4-6-16-18(28(23)25-15)11-26(3)19(16)20(27)24-14-5-7-17(21)13(9-14)10-22/h4-7,9,11-12,15H,8H2,1-3H3,(H2,23,25)(H,24,27). The van der Waals surface area contributed by atoms with Gasteiger partial charge in [0.2, 0.25) is 0 Å². The molecular formula is C20H22FN5OS. The van der Waals surface area contributed by atoms with Gasteiger partial charge in [-0.3, -0.25) is 9.57 Å². The number of aryl methyl sites for hydroxylation is 1. The largest absolute Gasteiger partial charge is 0.345 e. The van der Waals surface area contributed by atoms with E-state index in [2.05, 4.69) is 23.9 Å². The lowest BCUT2D eigenvalue weighted by Crippen LogP contribution is -2.28. The molecule has 1 aliphatic rings. The summed E-state index contributed by atoms with van der Waals surface area (Å²) in [7, 11) is 0.810. The van der Waals surface area contributed by atoms with Crippen molar-refractivity contribution in [2.24, 2.45) is 13.0 Å². The number of carbonyl (C=O) groups excluding carboxylic acids is 1. The minimum absolute atomic E-state index is 0.0738. The smallest absolute Gasteiger partial charge is 0.272 e. The molecule has 28 heavy (non-hydrogen) atoms. The van der Waals surface area contributed by atoms with Crippen LogP contribution < -0.4 is 10.0 Å². The molecule has 0 spiro atoms. The third kappa shape index (κ3) is 4.06. The Kier molecular flexibility index (Phi) is 5.77. The number of nitrogens with one attached hydrogen (secondary N) is 3. The molecule has 1 aromatic heterocycles. The first-order valence-electron chi connectivity index (χ1n) is 8.90. The molecule has 0 saturated carbocycles. The van der Waals surface area contributed by atoms with E-state index in [9.17, 15) is 9.18 Å². The fraction of sp³-hybridized carbons (Fsp3) is 0.300. The minimum atomic E-state index is -0.946. The van der Waals surface area contributed by atoms with Crippen LogP contribution in [0.25, 0.3) is 6.08 Å². The van der Waals surface area contributed by atoms with E-state index in [1.165, 1.54) is 12.1 Å². The van der Waals surface area contributed by atoms with E-state index in [-0.39, 0.29) is 17.5 Å². The summed E-state index contributed by atoms with van der Waals surface area (Å²) in [4.78, 5) is 13.7. The van der Waals surface area contributed by atoms with E-state index in [0.717, 1.165) is 17.4 Å². The molecule has 6 nitrogen and oxygen atoms in total. The molecule has 8 heteroatoms. The van der Waals surface area contributed by atoms with Gasteiger partial charge in [-0.05, 0) is 41.4 Å². The van der Waals surface area contributed by atoms with Gasteiger partial charge in [0.1, 0.15) is 17.6 Å². The number of hydrogen-bond donors (Lipinski definition) is 3. The van der Waals surface area contributed by atoms with Gasteiger partial charge in [0.15, 0.2) is 0 Å². The summed E-state index contributed by atoms with van der Waals surface area (Å²) in [5, 5.41) is 11.7. The van der Waals surface area contributed by atoms with Crippen LogP contribution in [0.2, 0.25) is 0 Å². The summed E-state index contributed by atoms with van der Waals surface area (Å²) >= 11 is 0. The highest BCUT2D eigenvalue weighted by atomic mass is 32.2. The molecule has 2 aromatic rings. The first kappa shape index (κ1) is 20.0. The van der Waals surface area contributed by atoms with Crippen LogP contribution in [0.3, 0.4) is 0 Å². The van der Waals surface area contributed by atoms with Crippen LogP contribution in [-0.2, 0) is 17.9 Å². The third-order valence-electron chi connectivity index (χ3n) is 4.45. The number of amides is 1. The van der Waals surface area contributed by atoms with Gasteiger partial charge in [-0.25, -0.2) is 9.11 Å². The van der Waals surface area contributed by atoms with Crippen molar-refractivity contribution in [1.82, 2.24) is 9.29 Å². The Morgan fingerprint density at radius 3 is 2.93 bits per heavy atom. The van der Waals surface area contributed by atoms with Crippen molar-refractivity contribution in [3.8, 4) is 6.07 Å². The van der Waals surface area contributed by atoms with Crippen molar-refractivity contribution in [1.29, 1.82) is 10.0 Å². The zero-order chi connectivity index (χ0) is 20.4. The molecule has 1 aromatic carbocycles. The maximum Gasteiger partial charge on any atom is 0.272 e. The fourth-order valence-electron chi connectivity index (χ4n) is 3.20. The molecule has 0 bridgehead atoms. The summed E-state index contributed by atoms with van der Waals surface area (Å²) in [5.41, 5.74) is 1.35. The Balaban J connectivity index is 1.93. The number of hydrogen-bond acceptors (Lipinski definition) is 3. The van der Waals surface area contributed by atoms with Crippen LogP contribution in [-0.4, -0.2) is 16.5 Å². The van der Waals surface area contributed by atoms with Crippen LogP contribution in [0.4, 0.5) is 10.1 Å². The first-order chi connectivity index (χ1) is 13.3. The lowest BCUT2D eigenvalue weighted by atomic mass is 10.0. The highest BCUT2D eigenvalue weighted by Crippen LogP contribution is 2.27. The van der Waals surface area contributed by atoms with E-state index in [1.807, 2.05) is 12.2 Å². The van der Waals surface area contributed by atoms with Crippen LogP contribution in [0.5, 0.6) is 0 Å². The van der Waals surface area contributed by atoms with Crippen LogP contribution in [0.1, 0.15) is 41.9 Å². The third-order valence-corrected chi connectivity index (χ3v) is 5.76. The molecule has 0 aliphatic carbocycles. The quantitative estimate of drug-likeness (QED) is 0.726. The maximum absolute atomic E-state index is 13.5. The predicted molar refractivity (Wildman–Crippen MR) is 108 cm³/mol. The Morgan fingerprint density at radius 2 is 2.25 bits per heavy atom. The zero-order valence-electron chi connectivity index (χ0n) is 15.9. The van der Waals surface area contributed by atoms with Gasteiger partial charge in [0, 0.05) is 30.5 Å². The second-order valence-electron chi connectivity index (χ2n) is 7.15. The second-order valence-corrected chi connectivity index (χ2v) is 8.43. The molecule has 146 valence electrons. The highest BCUT2D eigenvalue weighted by molar-refractivity contribution is 7.84. The Labute approximate surface area is 166 Å². The number of benzene rings is 1. The summed E-state index contributed by atoms with van der Waals surface area (Å²) < 4.78 is 27.0. The van der Waals surface area contributed by atoms with Crippen molar-refractivity contribution in [2.45, 2.75) is 31.2 Å². The Morgan fingerprint density at radius 1 is 1.50 bits per heavy atom. The number of fused-ring (bicyclic) bond motifs is 1. The highest BCUT2D eigenvalue weighted by Gasteiger charge is 2.24. The van der Waals surface area contributed by atoms with Crippen LogP contribution in [0, 0.1) is 27.8 Å². The lowest BCUT2D eigenvalue weighted by Gasteiger charge is -2.16. The predicted octanol–water partition coefficient (Wildman–Crippen LogP) is 3.97. The molecule has 0 fully saturated rings. The molecule has 0 saturated heterocycles. The molecule has 1 amide bonds. The van der Waals surface area contributed by atoms with E-state index in [1.54, 1.807) is 23.9 Å². The molecule has 1 aliphatic heterocycles. The molecular weight excluding hydrogens is 377 g/mol. The monoisotopic (exact) mass is 399 g/mol. The topological polar surface area (TPSA) is 93.7 Å². The summed E-state index contributed by atoms with van der Waals surface area (Å²) in [6, 6.07) is 5.72. The summed E-state index contributed by atoms with van der Waals surface area (Å²) in [5.74, 6) is -0.516. The van der Waals surface area contributed by atoms with Gasteiger partial charge >= 0.3 is 0 Å². The number of nitriles is 1. The van der Waals surface area contributed by atoms with Crippen LogP contribution >= 0.6 is 0 Å². The Hall–Kier alpha value is -2.76. The van der Waals surface area contributed by atoms with Gasteiger partial charge in [-0.2, -0.15) is 5.26 Å². The molecule has 3 rings (SSSR count). The van der Waals surface area contributed by atoms with Gasteiger partial charge in [0.25, 0.3) is 5.91 Å². The molecule has 2 heterocycles. The molecule has 0 radical (unpaired) electrons. The number of halogens is 1. The summed E-state index contributed by atoms with van der Waals surface area (Å²) in [6.45, 7) is 4.26. The average Bonchev–Trinajstić information content (AvgIpc) is 2.89.